The van der Waals surface area contributed by atoms with E-state index in [0.717, 1.165) is 42.6 Å². The van der Waals surface area contributed by atoms with Crippen molar-refractivity contribution in [2.24, 2.45) is 0 Å². The van der Waals surface area contributed by atoms with Crippen LogP contribution in [-0.4, -0.2) is 73.1 Å². The molecule has 1 aromatic rings. The number of hydrogen-bond donors (Lipinski definition) is 0. The van der Waals surface area contributed by atoms with Gasteiger partial charge in [-0.2, -0.15) is 0 Å². The average Bonchev–Trinajstić information content (AvgIpc) is 2.53. The van der Waals surface area contributed by atoms with Gasteiger partial charge in [-0.1, -0.05) is 6.07 Å². The summed E-state index contributed by atoms with van der Waals surface area (Å²) in [6.07, 6.45) is 0.684. The van der Waals surface area contributed by atoms with Gasteiger partial charge in [0.15, 0.2) is 6.29 Å². The largest absolute Gasteiger partial charge is 0.444 e. The molecule has 142 valence electrons. The number of ether oxygens (including phenoxy) is 1. The monoisotopic (exact) mass is 423 g/mol. The van der Waals surface area contributed by atoms with Crippen LogP contribution in [0.1, 0.15) is 31.1 Å². The van der Waals surface area contributed by atoms with E-state index in [1.54, 1.807) is 4.90 Å². The summed E-state index contributed by atoms with van der Waals surface area (Å²) >= 11 is 3.44. The van der Waals surface area contributed by atoms with Crippen LogP contribution in [0.5, 0.6) is 0 Å². The molecule has 3 rings (SSSR count). The summed E-state index contributed by atoms with van der Waals surface area (Å²) in [4.78, 5) is 30.0. The predicted molar refractivity (Wildman–Crippen MR) is 105 cm³/mol. The summed E-state index contributed by atoms with van der Waals surface area (Å²) in [7, 11) is 0. The minimum Gasteiger partial charge on any atom is -0.444 e. The van der Waals surface area contributed by atoms with Crippen LogP contribution in [0.4, 0.5) is 10.5 Å². The fourth-order valence-corrected chi connectivity index (χ4v) is 3.85. The third-order valence-corrected chi connectivity index (χ3v) is 5.52. The van der Waals surface area contributed by atoms with E-state index in [9.17, 15) is 9.59 Å². The maximum Gasteiger partial charge on any atom is 0.410 e. The molecule has 6 nitrogen and oxygen atoms in total. The number of hydrogen-bond acceptors (Lipinski definition) is 5. The van der Waals surface area contributed by atoms with Gasteiger partial charge in [0.1, 0.15) is 5.60 Å². The lowest BCUT2D eigenvalue weighted by atomic mass is 10.0. The number of piperazine rings is 1. The molecule has 0 N–H and O–H groups in total. The molecule has 0 radical (unpaired) electrons. The van der Waals surface area contributed by atoms with Gasteiger partial charge in [-0.05, 0) is 48.8 Å². The Morgan fingerprint density at radius 1 is 1.19 bits per heavy atom. The van der Waals surface area contributed by atoms with Gasteiger partial charge in [0.2, 0.25) is 0 Å². The lowest BCUT2D eigenvalue weighted by Gasteiger charge is -2.49. The molecule has 2 aliphatic heterocycles. The average molecular weight is 424 g/mol. The van der Waals surface area contributed by atoms with Gasteiger partial charge >= 0.3 is 6.09 Å². The molecule has 0 unspecified atom stereocenters. The molecule has 2 fully saturated rings. The van der Waals surface area contributed by atoms with Gasteiger partial charge in [-0.15, -0.1) is 0 Å². The second-order valence-corrected chi connectivity index (χ2v) is 8.71. The molecule has 2 heterocycles. The fourth-order valence-electron chi connectivity index (χ4n) is 3.40. The summed E-state index contributed by atoms with van der Waals surface area (Å²) in [5.41, 5.74) is 1.24. The zero-order chi connectivity index (χ0) is 18.9. The number of anilines is 1. The first-order valence-electron chi connectivity index (χ1n) is 8.99. The first-order chi connectivity index (χ1) is 12.3. The summed E-state index contributed by atoms with van der Waals surface area (Å²) < 4.78 is 6.28. The summed E-state index contributed by atoms with van der Waals surface area (Å²) in [5, 5.41) is 0. The first-order valence-corrected chi connectivity index (χ1v) is 9.78. The number of rotatable bonds is 3. The van der Waals surface area contributed by atoms with Crippen molar-refractivity contribution in [2.75, 3.05) is 44.2 Å². The third-order valence-electron chi connectivity index (χ3n) is 4.83. The molecule has 2 saturated heterocycles. The number of nitrogens with zero attached hydrogens (tertiary/aromatic N) is 3. The highest BCUT2D eigenvalue weighted by Crippen LogP contribution is 2.31. The maximum absolute atomic E-state index is 12.2. The molecule has 1 amide bonds. The van der Waals surface area contributed by atoms with E-state index >= 15 is 0 Å². The predicted octanol–water partition coefficient (Wildman–Crippen LogP) is 3.00. The first kappa shape index (κ1) is 19.2. The summed E-state index contributed by atoms with van der Waals surface area (Å²) in [5.74, 6) is 0. The number of aldehydes is 1. The Kier molecular flexibility index (Phi) is 5.58. The molecule has 1 aromatic carbocycles. The van der Waals surface area contributed by atoms with E-state index in [1.165, 1.54) is 0 Å². The SMILES string of the molecule is CC(C)(C)OC(=O)N1CCN(C2CN(c3cccc(Br)c3C=O)C2)CC1. The van der Waals surface area contributed by atoms with Crippen molar-refractivity contribution in [3.8, 4) is 0 Å². The highest BCUT2D eigenvalue weighted by Gasteiger charge is 2.36. The van der Waals surface area contributed by atoms with Gasteiger partial charge in [0, 0.05) is 55.5 Å². The summed E-state index contributed by atoms with van der Waals surface area (Å²) in [6, 6.07) is 6.31. The number of halogens is 1. The molecule has 0 spiro atoms. The Morgan fingerprint density at radius 2 is 1.85 bits per heavy atom. The van der Waals surface area contributed by atoms with E-state index in [4.69, 9.17) is 4.74 Å². The van der Waals surface area contributed by atoms with Gasteiger partial charge in [-0.25, -0.2) is 4.79 Å². The molecule has 7 heteroatoms. The van der Waals surface area contributed by atoms with Gasteiger partial charge in [-0.3, -0.25) is 9.69 Å². The number of amides is 1. The molecular formula is C19H26BrN3O3. The lowest BCUT2D eigenvalue weighted by Crippen LogP contribution is -2.63. The van der Waals surface area contributed by atoms with Crippen LogP contribution < -0.4 is 4.90 Å². The zero-order valence-corrected chi connectivity index (χ0v) is 17.2. The molecule has 2 aliphatic rings. The fraction of sp³-hybridized carbons (Fsp3) is 0.579. The molecule has 0 saturated carbocycles. The van der Waals surface area contributed by atoms with Crippen molar-refractivity contribution in [3.05, 3.63) is 28.2 Å². The third kappa shape index (κ3) is 4.20. The van der Waals surface area contributed by atoms with Gasteiger partial charge in [0.25, 0.3) is 0 Å². The Labute approximate surface area is 163 Å². The maximum atomic E-state index is 12.2. The Morgan fingerprint density at radius 3 is 2.42 bits per heavy atom. The van der Waals surface area contributed by atoms with Crippen LogP contribution in [0.25, 0.3) is 0 Å². The van der Waals surface area contributed by atoms with Crippen molar-refractivity contribution in [2.45, 2.75) is 32.4 Å². The molecule has 0 aromatic heterocycles. The molecule has 0 aliphatic carbocycles. The van der Waals surface area contributed by atoms with E-state index < -0.39 is 5.60 Å². The van der Waals surface area contributed by atoms with Crippen molar-refractivity contribution < 1.29 is 14.3 Å². The minimum atomic E-state index is -0.455. The van der Waals surface area contributed by atoms with Crippen LogP contribution in [0.15, 0.2) is 22.7 Å². The Hall–Kier alpha value is -1.60. The van der Waals surface area contributed by atoms with Crippen LogP contribution >= 0.6 is 15.9 Å². The second kappa shape index (κ2) is 7.56. The standard InChI is InChI=1S/C19H26BrN3O3/c1-19(2,3)26-18(25)22-9-7-21(8-10-22)14-11-23(12-14)17-6-4-5-16(20)15(17)13-24/h4-6,13-14H,7-12H2,1-3H3. The highest BCUT2D eigenvalue weighted by atomic mass is 79.9. The van der Waals surface area contributed by atoms with Gasteiger partial charge < -0.3 is 14.5 Å². The van der Waals surface area contributed by atoms with Crippen molar-refractivity contribution in [1.29, 1.82) is 0 Å². The topological polar surface area (TPSA) is 53.1 Å². The number of benzene rings is 1. The van der Waals surface area contributed by atoms with Crippen LogP contribution in [0.3, 0.4) is 0 Å². The molecule has 0 bridgehead atoms. The van der Waals surface area contributed by atoms with E-state index in [2.05, 4.69) is 25.7 Å². The van der Waals surface area contributed by atoms with Crippen molar-refractivity contribution in [3.63, 3.8) is 0 Å². The summed E-state index contributed by atoms with van der Waals surface area (Å²) in [6.45, 7) is 10.6. The quantitative estimate of drug-likeness (QED) is 0.699. The van der Waals surface area contributed by atoms with Crippen LogP contribution in [0, 0.1) is 0 Å². The minimum absolute atomic E-state index is 0.225. The second-order valence-electron chi connectivity index (χ2n) is 7.85. The van der Waals surface area contributed by atoms with E-state index in [0.29, 0.717) is 24.7 Å². The van der Waals surface area contributed by atoms with Crippen LogP contribution in [0.2, 0.25) is 0 Å². The van der Waals surface area contributed by atoms with E-state index in [1.807, 2.05) is 39.0 Å². The zero-order valence-electron chi connectivity index (χ0n) is 15.6. The van der Waals surface area contributed by atoms with Crippen molar-refractivity contribution >= 4 is 34.0 Å². The Bertz CT molecular complexity index is 675. The smallest absolute Gasteiger partial charge is 0.410 e. The highest BCUT2D eigenvalue weighted by molar-refractivity contribution is 9.10. The van der Waals surface area contributed by atoms with Crippen LogP contribution in [-0.2, 0) is 4.74 Å². The molecule has 26 heavy (non-hydrogen) atoms. The number of carbonyl (C=O) groups is 2. The lowest BCUT2D eigenvalue weighted by molar-refractivity contribution is 0.00876. The van der Waals surface area contributed by atoms with Crippen molar-refractivity contribution in [1.82, 2.24) is 9.80 Å². The van der Waals surface area contributed by atoms with E-state index in [-0.39, 0.29) is 6.09 Å². The normalized spacial score (nSPS) is 19.2. The Balaban J connectivity index is 1.50. The number of carbonyl (C=O) groups excluding carboxylic acids is 2. The van der Waals surface area contributed by atoms with Gasteiger partial charge in [0.05, 0.1) is 5.56 Å². The molecule has 0 atom stereocenters. The molecular weight excluding hydrogens is 398 g/mol.